The fourth-order valence-corrected chi connectivity index (χ4v) is 3.26. The molecule has 0 bridgehead atoms. The van der Waals surface area contributed by atoms with E-state index in [1.807, 2.05) is 24.3 Å². The fourth-order valence-electron chi connectivity index (χ4n) is 3.26. The molecule has 0 aliphatic carbocycles. The lowest BCUT2D eigenvalue weighted by molar-refractivity contribution is -0.671. The number of nitrogens with two attached hydrogens (primary N) is 1. The van der Waals surface area contributed by atoms with Crippen LogP contribution in [0.4, 0.5) is 5.69 Å². The summed E-state index contributed by atoms with van der Waals surface area (Å²) in [5.74, 6) is 0. The summed E-state index contributed by atoms with van der Waals surface area (Å²) >= 11 is 0. The van der Waals surface area contributed by atoms with E-state index < -0.39 is 0 Å². The van der Waals surface area contributed by atoms with Gasteiger partial charge in [0.1, 0.15) is 6.61 Å². The van der Waals surface area contributed by atoms with Gasteiger partial charge < -0.3 is 23.2 Å². The molecule has 0 unspecified atom stereocenters. The number of hydrogen-bond donors (Lipinski definition) is 2. The van der Waals surface area contributed by atoms with Gasteiger partial charge in [-0.3, -0.25) is 0 Å². The van der Waals surface area contributed by atoms with E-state index in [2.05, 4.69) is 41.1 Å². The van der Waals surface area contributed by atoms with Gasteiger partial charge in [0.15, 0.2) is 12.7 Å². The normalized spacial score (nSPS) is 11.0. The smallest absolute Gasteiger partial charge is 0.213 e. The van der Waals surface area contributed by atoms with Crippen LogP contribution in [0, 0.1) is 0 Å². The molecule has 0 fully saturated rings. The van der Waals surface area contributed by atoms with E-state index >= 15 is 0 Å². The van der Waals surface area contributed by atoms with Gasteiger partial charge in [0.25, 0.3) is 0 Å². The van der Waals surface area contributed by atoms with Gasteiger partial charge >= 0.3 is 0 Å². The van der Waals surface area contributed by atoms with Crippen molar-refractivity contribution in [1.82, 2.24) is 0 Å². The molecule has 3 aromatic carbocycles. The molecule has 0 aliphatic heterocycles. The van der Waals surface area contributed by atoms with E-state index in [1.165, 1.54) is 0 Å². The third-order valence-corrected chi connectivity index (χ3v) is 4.25. The number of halogens is 1. The molecule has 0 aliphatic rings. The lowest BCUT2D eigenvalue weighted by Crippen LogP contribution is -3.00. The van der Waals surface area contributed by atoms with Crippen LogP contribution in [0.15, 0.2) is 60.8 Å². The highest BCUT2D eigenvalue weighted by molar-refractivity contribution is 6.18. The van der Waals surface area contributed by atoms with Crippen molar-refractivity contribution in [2.45, 2.75) is 6.54 Å². The van der Waals surface area contributed by atoms with Crippen LogP contribution < -0.4 is 22.7 Å². The van der Waals surface area contributed by atoms with Crippen LogP contribution in [0.25, 0.3) is 32.4 Å². The molecule has 0 saturated carbocycles. The summed E-state index contributed by atoms with van der Waals surface area (Å²) < 4.78 is 2.11. The van der Waals surface area contributed by atoms with Crippen molar-refractivity contribution in [3.05, 3.63) is 60.8 Å². The standard InChI is InChI=1S/C19H16N2O.ClH/c20-18-11-16-15-7-3-4-8-19(15)21(9-10-22)12-17(16)13-5-1-2-6-14(13)18;/h1-8,11-12,20,22H,9-10H2;1H. The van der Waals surface area contributed by atoms with E-state index in [0.29, 0.717) is 6.54 Å². The van der Waals surface area contributed by atoms with Crippen LogP contribution in [0.1, 0.15) is 0 Å². The molecule has 1 aromatic heterocycles. The van der Waals surface area contributed by atoms with E-state index in [1.54, 1.807) is 0 Å². The second kappa shape index (κ2) is 6.03. The maximum Gasteiger partial charge on any atom is 0.213 e. The van der Waals surface area contributed by atoms with Crippen LogP contribution in [-0.4, -0.2) is 11.7 Å². The van der Waals surface area contributed by atoms with Crippen molar-refractivity contribution in [2.24, 2.45) is 0 Å². The number of fused-ring (bicyclic) bond motifs is 5. The first kappa shape index (κ1) is 15.5. The molecule has 0 saturated heterocycles. The molecule has 0 radical (unpaired) electrons. The summed E-state index contributed by atoms with van der Waals surface area (Å²) in [6.07, 6.45) is 2.12. The molecule has 0 amide bonds. The van der Waals surface area contributed by atoms with Crippen LogP contribution in [0.5, 0.6) is 0 Å². The lowest BCUT2D eigenvalue weighted by Gasteiger charge is -2.09. The Hall–Kier alpha value is -2.36. The minimum absolute atomic E-state index is 0. The molecule has 3 N–H and O–H groups in total. The summed E-state index contributed by atoms with van der Waals surface area (Å²) in [5.41, 5.74) is 8.17. The number of para-hydroxylation sites is 1. The molecule has 4 aromatic rings. The molecule has 116 valence electrons. The highest BCUT2D eigenvalue weighted by Gasteiger charge is 2.15. The molecule has 3 nitrogen and oxygen atoms in total. The van der Waals surface area contributed by atoms with Crippen LogP contribution in [0.2, 0.25) is 0 Å². The summed E-state index contributed by atoms with van der Waals surface area (Å²) in [6.45, 7) is 0.697. The van der Waals surface area contributed by atoms with Gasteiger partial charge in [0, 0.05) is 22.5 Å². The summed E-state index contributed by atoms with van der Waals surface area (Å²) in [6, 6.07) is 18.5. The van der Waals surface area contributed by atoms with Crippen LogP contribution in [-0.2, 0) is 6.54 Å². The quantitative estimate of drug-likeness (QED) is 0.310. The first-order valence-corrected chi connectivity index (χ1v) is 7.42. The summed E-state index contributed by atoms with van der Waals surface area (Å²) in [5, 5.41) is 15.1. The predicted octanol–water partition coefficient (Wildman–Crippen LogP) is 0.0122. The van der Waals surface area contributed by atoms with Crippen molar-refractivity contribution in [1.29, 1.82) is 0 Å². The van der Waals surface area contributed by atoms with Gasteiger partial charge in [-0.2, -0.15) is 4.57 Å². The zero-order valence-corrected chi connectivity index (χ0v) is 13.3. The maximum absolute atomic E-state index is 9.37. The monoisotopic (exact) mass is 324 g/mol. The average Bonchev–Trinajstić information content (AvgIpc) is 2.56. The van der Waals surface area contributed by atoms with Crippen molar-refractivity contribution >= 4 is 38.1 Å². The summed E-state index contributed by atoms with van der Waals surface area (Å²) in [4.78, 5) is 0. The fraction of sp³-hybridized carbons (Fsp3) is 0.105. The number of aliphatic hydroxyl groups is 1. The highest BCUT2D eigenvalue weighted by Crippen LogP contribution is 2.33. The zero-order valence-electron chi connectivity index (χ0n) is 12.5. The Morgan fingerprint density at radius 1 is 0.826 bits per heavy atom. The Bertz CT molecular complexity index is 1010. The maximum atomic E-state index is 9.37. The van der Waals surface area contributed by atoms with E-state index in [0.717, 1.165) is 38.1 Å². The molecule has 1 heterocycles. The second-order valence-corrected chi connectivity index (χ2v) is 5.54. The van der Waals surface area contributed by atoms with Gasteiger partial charge in [-0.25, -0.2) is 0 Å². The van der Waals surface area contributed by atoms with Crippen molar-refractivity contribution in [3.8, 4) is 0 Å². The number of nitrogen functional groups attached to an aromatic ring is 1. The van der Waals surface area contributed by atoms with Gasteiger partial charge in [0.2, 0.25) is 5.52 Å². The molecule has 4 rings (SSSR count). The Balaban J connectivity index is 0.00000156. The Kier molecular flexibility index (Phi) is 4.07. The molecule has 0 atom stereocenters. The Labute approximate surface area is 140 Å². The number of pyridine rings is 1. The number of benzene rings is 3. The van der Waals surface area contributed by atoms with E-state index in [9.17, 15) is 5.11 Å². The van der Waals surface area contributed by atoms with E-state index in [-0.39, 0.29) is 19.0 Å². The van der Waals surface area contributed by atoms with Crippen molar-refractivity contribution in [3.63, 3.8) is 0 Å². The molecule has 0 spiro atoms. The topological polar surface area (TPSA) is 50.1 Å². The number of hydrogen-bond acceptors (Lipinski definition) is 2. The highest BCUT2D eigenvalue weighted by atomic mass is 35.5. The molecular formula is C19H17ClN2O. The molecule has 4 heteroatoms. The number of anilines is 1. The minimum Gasteiger partial charge on any atom is -1.00 e. The predicted molar refractivity (Wildman–Crippen MR) is 90.7 cm³/mol. The number of nitrogens with zero attached hydrogens (tertiary/aromatic N) is 1. The van der Waals surface area contributed by atoms with Gasteiger partial charge in [-0.1, -0.05) is 36.4 Å². The van der Waals surface area contributed by atoms with Gasteiger partial charge in [-0.15, -0.1) is 0 Å². The van der Waals surface area contributed by atoms with Crippen LogP contribution >= 0.6 is 0 Å². The van der Waals surface area contributed by atoms with Gasteiger partial charge in [0.05, 0.1) is 10.8 Å². The summed E-state index contributed by atoms with van der Waals surface area (Å²) in [7, 11) is 0. The van der Waals surface area contributed by atoms with Crippen molar-refractivity contribution in [2.75, 3.05) is 12.3 Å². The number of rotatable bonds is 2. The first-order valence-electron chi connectivity index (χ1n) is 7.42. The lowest BCUT2D eigenvalue weighted by atomic mass is 9.98. The van der Waals surface area contributed by atoms with Crippen molar-refractivity contribution < 1.29 is 22.1 Å². The third kappa shape index (κ3) is 2.38. The third-order valence-electron chi connectivity index (χ3n) is 4.25. The zero-order chi connectivity index (χ0) is 15.1. The number of aromatic nitrogens is 1. The Morgan fingerprint density at radius 2 is 1.48 bits per heavy atom. The minimum atomic E-state index is 0. The molecular weight excluding hydrogens is 308 g/mol. The second-order valence-electron chi connectivity index (χ2n) is 5.54. The first-order chi connectivity index (χ1) is 10.8. The molecule has 23 heavy (non-hydrogen) atoms. The largest absolute Gasteiger partial charge is 1.00 e. The Morgan fingerprint density at radius 3 is 2.22 bits per heavy atom. The SMILES string of the molecule is Nc1cc2c(c[n+](CCO)c3ccccc23)c2ccccc12.[Cl-]. The average molecular weight is 325 g/mol. The number of aliphatic hydroxyl groups excluding tert-OH is 1. The van der Waals surface area contributed by atoms with E-state index in [4.69, 9.17) is 5.73 Å². The van der Waals surface area contributed by atoms with Crippen LogP contribution in [0.3, 0.4) is 0 Å². The van der Waals surface area contributed by atoms with Gasteiger partial charge in [-0.05, 0) is 17.5 Å².